The number of phenols is 1. The van der Waals surface area contributed by atoms with Crippen LogP contribution in [0.15, 0.2) is 67.3 Å². The van der Waals surface area contributed by atoms with E-state index in [1.54, 1.807) is 32.9 Å². The van der Waals surface area contributed by atoms with Crippen molar-refractivity contribution in [2.75, 3.05) is 6.54 Å². The molecule has 3 amide bonds. The molecule has 0 bridgehead atoms. The first-order valence-electron chi connectivity index (χ1n) is 12.4. The van der Waals surface area contributed by atoms with E-state index in [1.165, 1.54) is 23.1 Å². The van der Waals surface area contributed by atoms with E-state index in [0.29, 0.717) is 12.0 Å². The van der Waals surface area contributed by atoms with Gasteiger partial charge in [0.1, 0.15) is 23.4 Å². The van der Waals surface area contributed by atoms with Crippen molar-refractivity contribution in [3.8, 4) is 5.75 Å². The van der Waals surface area contributed by atoms with E-state index < -0.39 is 35.6 Å². The summed E-state index contributed by atoms with van der Waals surface area (Å²) >= 11 is 0. The van der Waals surface area contributed by atoms with Gasteiger partial charge >= 0.3 is 6.09 Å². The zero-order valence-electron chi connectivity index (χ0n) is 22.4. The summed E-state index contributed by atoms with van der Waals surface area (Å²) in [5.41, 5.74) is 0.593. The van der Waals surface area contributed by atoms with Crippen LogP contribution in [0, 0.1) is 5.92 Å². The van der Waals surface area contributed by atoms with E-state index in [4.69, 9.17) is 4.74 Å². The molecule has 0 aromatic heterocycles. The normalized spacial score (nSPS) is 12.8. The van der Waals surface area contributed by atoms with Crippen molar-refractivity contribution >= 4 is 17.9 Å². The summed E-state index contributed by atoms with van der Waals surface area (Å²) < 4.78 is 5.38. The largest absolute Gasteiger partial charge is 0.508 e. The highest BCUT2D eigenvalue weighted by molar-refractivity contribution is 5.92. The van der Waals surface area contributed by atoms with E-state index in [0.717, 1.165) is 5.56 Å². The predicted molar refractivity (Wildman–Crippen MR) is 144 cm³/mol. The maximum absolute atomic E-state index is 13.9. The first-order valence-corrected chi connectivity index (χ1v) is 12.4. The standard InChI is InChI=1S/C29H39N3O5/c1-7-16-32(27(35)24(17-20(2)3)31-28(36)37-29(4,5)6)25(22-14-11-15-23(33)18-22)26(34)30-19-21-12-9-8-10-13-21/h7-15,18,20,24-25,33H,1,16-17,19H2,2-6H3,(H,30,34)(H,31,36). The van der Waals surface area contributed by atoms with Gasteiger partial charge in [0.05, 0.1) is 0 Å². The number of benzene rings is 2. The van der Waals surface area contributed by atoms with Gasteiger partial charge in [-0.15, -0.1) is 6.58 Å². The summed E-state index contributed by atoms with van der Waals surface area (Å²) in [5, 5.41) is 15.7. The van der Waals surface area contributed by atoms with Gasteiger partial charge < -0.3 is 25.4 Å². The van der Waals surface area contributed by atoms with Crippen molar-refractivity contribution in [1.29, 1.82) is 0 Å². The number of phenolic OH excluding ortho intramolecular Hbond substituents is 1. The Morgan fingerprint density at radius 3 is 2.32 bits per heavy atom. The van der Waals surface area contributed by atoms with Crippen LogP contribution in [0.5, 0.6) is 5.75 Å². The fraction of sp³-hybridized carbons (Fsp3) is 0.414. The van der Waals surface area contributed by atoms with E-state index in [2.05, 4.69) is 17.2 Å². The highest BCUT2D eigenvalue weighted by Crippen LogP contribution is 2.26. The molecule has 0 radical (unpaired) electrons. The van der Waals surface area contributed by atoms with Crippen LogP contribution in [-0.4, -0.2) is 46.1 Å². The lowest BCUT2D eigenvalue weighted by atomic mass is 9.99. The van der Waals surface area contributed by atoms with E-state index in [-0.39, 0.29) is 24.8 Å². The average molecular weight is 510 g/mol. The molecule has 2 aromatic carbocycles. The Morgan fingerprint density at radius 2 is 1.76 bits per heavy atom. The summed E-state index contributed by atoms with van der Waals surface area (Å²) in [4.78, 5) is 41.4. The Bertz CT molecular complexity index is 1060. The molecule has 0 aliphatic carbocycles. The molecule has 0 aliphatic rings. The quantitative estimate of drug-likeness (QED) is 0.381. The first kappa shape index (κ1) is 29.4. The van der Waals surface area contributed by atoms with Gasteiger partial charge in [0.25, 0.3) is 0 Å². The lowest BCUT2D eigenvalue weighted by Crippen LogP contribution is -2.53. The van der Waals surface area contributed by atoms with E-state index in [1.807, 2.05) is 44.2 Å². The average Bonchev–Trinajstić information content (AvgIpc) is 2.81. The third kappa shape index (κ3) is 9.63. The fourth-order valence-electron chi connectivity index (χ4n) is 3.85. The minimum Gasteiger partial charge on any atom is -0.508 e. The molecule has 0 spiro atoms. The lowest BCUT2D eigenvalue weighted by Gasteiger charge is -2.34. The smallest absolute Gasteiger partial charge is 0.408 e. The number of hydrogen-bond donors (Lipinski definition) is 3. The third-order valence-electron chi connectivity index (χ3n) is 5.36. The number of carbonyl (C=O) groups excluding carboxylic acids is 3. The van der Waals surface area contributed by atoms with Gasteiger partial charge in [-0.05, 0) is 56.4 Å². The number of nitrogens with one attached hydrogen (secondary N) is 2. The fourth-order valence-corrected chi connectivity index (χ4v) is 3.85. The van der Waals surface area contributed by atoms with E-state index in [9.17, 15) is 19.5 Å². The van der Waals surface area contributed by atoms with Crippen LogP contribution in [0.1, 0.15) is 58.2 Å². The number of alkyl carbamates (subject to hydrolysis) is 1. The molecule has 0 heterocycles. The highest BCUT2D eigenvalue weighted by atomic mass is 16.6. The molecule has 8 nitrogen and oxygen atoms in total. The number of amides is 3. The number of ether oxygens (including phenoxy) is 1. The van der Waals surface area contributed by atoms with Gasteiger partial charge in [-0.3, -0.25) is 9.59 Å². The summed E-state index contributed by atoms with van der Waals surface area (Å²) in [5.74, 6) is -0.844. The summed E-state index contributed by atoms with van der Waals surface area (Å²) in [6.45, 7) is 13.2. The van der Waals surface area contributed by atoms with Crippen molar-refractivity contribution in [2.24, 2.45) is 5.92 Å². The van der Waals surface area contributed by atoms with Crippen molar-refractivity contribution in [1.82, 2.24) is 15.5 Å². The number of hydrogen-bond acceptors (Lipinski definition) is 5. The summed E-state index contributed by atoms with van der Waals surface area (Å²) in [6.07, 6.45) is 1.15. The Hall–Kier alpha value is -3.81. The monoisotopic (exact) mass is 509 g/mol. The SMILES string of the molecule is C=CCN(C(=O)C(CC(C)C)NC(=O)OC(C)(C)C)C(C(=O)NCc1ccccc1)c1cccc(O)c1. The van der Waals surface area contributed by atoms with Crippen molar-refractivity contribution in [3.05, 3.63) is 78.4 Å². The van der Waals surface area contributed by atoms with Crippen molar-refractivity contribution in [3.63, 3.8) is 0 Å². The molecule has 2 aromatic rings. The second-order valence-corrected chi connectivity index (χ2v) is 10.3. The Morgan fingerprint density at radius 1 is 1.08 bits per heavy atom. The molecular formula is C29H39N3O5. The number of aromatic hydroxyl groups is 1. The molecule has 0 fully saturated rings. The zero-order valence-corrected chi connectivity index (χ0v) is 22.4. The molecular weight excluding hydrogens is 470 g/mol. The van der Waals surface area contributed by atoms with Crippen LogP contribution >= 0.6 is 0 Å². The van der Waals surface area contributed by atoms with Crippen molar-refractivity contribution in [2.45, 2.75) is 65.3 Å². The Balaban J connectivity index is 2.43. The molecule has 0 saturated carbocycles. The second kappa shape index (κ2) is 13.5. The zero-order chi connectivity index (χ0) is 27.6. The van der Waals surface area contributed by atoms with Gasteiger partial charge in [-0.1, -0.05) is 62.4 Å². The van der Waals surface area contributed by atoms with Gasteiger partial charge in [-0.25, -0.2) is 4.79 Å². The number of rotatable bonds is 11. The minimum absolute atomic E-state index is 0.0324. The molecule has 2 atom stereocenters. The minimum atomic E-state index is -1.07. The van der Waals surface area contributed by atoms with Crippen LogP contribution < -0.4 is 10.6 Å². The second-order valence-electron chi connectivity index (χ2n) is 10.3. The number of nitrogens with zero attached hydrogens (tertiary/aromatic N) is 1. The third-order valence-corrected chi connectivity index (χ3v) is 5.36. The molecule has 0 saturated heterocycles. The van der Waals surface area contributed by atoms with Gasteiger partial charge in [-0.2, -0.15) is 0 Å². The van der Waals surface area contributed by atoms with Gasteiger partial charge in [0, 0.05) is 13.1 Å². The van der Waals surface area contributed by atoms with Crippen LogP contribution in [0.25, 0.3) is 0 Å². The lowest BCUT2D eigenvalue weighted by molar-refractivity contribution is -0.142. The first-order chi connectivity index (χ1) is 17.4. The molecule has 2 unspecified atom stereocenters. The summed E-state index contributed by atoms with van der Waals surface area (Å²) in [6, 6.07) is 13.6. The van der Waals surface area contributed by atoms with Gasteiger partial charge in [0.2, 0.25) is 11.8 Å². The maximum atomic E-state index is 13.9. The van der Waals surface area contributed by atoms with Crippen LogP contribution in [-0.2, 0) is 20.9 Å². The van der Waals surface area contributed by atoms with Crippen molar-refractivity contribution < 1.29 is 24.2 Å². The predicted octanol–water partition coefficient (Wildman–Crippen LogP) is 4.70. The van der Waals surface area contributed by atoms with E-state index >= 15 is 0 Å². The van der Waals surface area contributed by atoms with Crippen LogP contribution in [0.3, 0.4) is 0 Å². The van der Waals surface area contributed by atoms with Gasteiger partial charge in [0.15, 0.2) is 0 Å². The van der Waals surface area contributed by atoms with Crippen LogP contribution in [0.2, 0.25) is 0 Å². The highest BCUT2D eigenvalue weighted by Gasteiger charge is 2.36. The maximum Gasteiger partial charge on any atom is 0.408 e. The molecule has 8 heteroatoms. The molecule has 200 valence electrons. The summed E-state index contributed by atoms with van der Waals surface area (Å²) in [7, 11) is 0. The molecule has 37 heavy (non-hydrogen) atoms. The molecule has 0 aliphatic heterocycles. The Labute approximate surface area is 219 Å². The Kier molecular flexibility index (Phi) is 10.7. The molecule has 3 N–H and O–H groups in total. The topological polar surface area (TPSA) is 108 Å². The van der Waals surface area contributed by atoms with Crippen LogP contribution in [0.4, 0.5) is 4.79 Å². The molecule has 2 rings (SSSR count). The number of carbonyl (C=O) groups is 3.